The van der Waals surface area contributed by atoms with Crippen LogP contribution in [0.4, 0.5) is 0 Å². The van der Waals surface area contributed by atoms with Crippen LogP contribution in [0.3, 0.4) is 0 Å². The number of nitriles is 1. The van der Waals surface area contributed by atoms with Crippen LogP contribution in [-0.2, 0) is 4.74 Å². The lowest BCUT2D eigenvalue weighted by molar-refractivity contribution is 0.170. The molecular formula is C10H11ClN2O2. The number of rotatable bonds is 5. The smallest absolute Gasteiger partial charge is 0.215 e. The van der Waals surface area contributed by atoms with E-state index in [0.29, 0.717) is 24.7 Å². The number of hydrogen-bond donors (Lipinski definition) is 0. The molecule has 0 aliphatic rings. The third kappa shape index (κ3) is 4.15. The summed E-state index contributed by atoms with van der Waals surface area (Å²) < 4.78 is 10.2. The number of nitrogens with zero attached hydrogens (tertiary/aromatic N) is 2. The molecule has 0 spiro atoms. The average Bonchev–Trinajstić information content (AvgIpc) is 2.23. The Kier molecular flexibility index (Phi) is 4.88. The maximum Gasteiger partial charge on any atom is 0.215 e. The van der Waals surface area contributed by atoms with Crippen LogP contribution < -0.4 is 4.74 Å². The van der Waals surface area contributed by atoms with Crippen LogP contribution in [0.15, 0.2) is 12.1 Å². The number of methoxy groups -OCH3 is 1. The van der Waals surface area contributed by atoms with Gasteiger partial charge < -0.3 is 9.47 Å². The van der Waals surface area contributed by atoms with Gasteiger partial charge in [0.1, 0.15) is 5.15 Å². The maximum atomic E-state index is 8.68. The summed E-state index contributed by atoms with van der Waals surface area (Å²) in [6.45, 7) is 1.12. The topological polar surface area (TPSA) is 55.1 Å². The van der Waals surface area contributed by atoms with Crippen LogP contribution in [0.1, 0.15) is 12.0 Å². The largest absolute Gasteiger partial charge is 0.478 e. The predicted molar refractivity (Wildman–Crippen MR) is 56.0 cm³/mol. The zero-order valence-corrected chi connectivity index (χ0v) is 9.12. The number of pyridine rings is 1. The lowest BCUT2D eigenvalue weighted by atomic mass is 10.3. The highest BCUT2D eigenvalue weighted by Gasteiger charge is 2.01. The Labute approximate surface area is 93.4 Å². The van der Waals surface area contributed by atoms with Crippen LogP contribution >= 0.6 is 11.6 Å². The van der Waals surface area contributed by atoms with Gasteiger partial charge in [-0.05, 0) is 6.07 Å². The molecule has 0 saturated carbocycles. The second-order valence-electron chi connectivity index (χ2n) is 2.82. The molecule has 0 aliphatic carbocycles. The quantitative estimate of drug-likeness (QED) is 0.569. The van der Waals surface area contributed by atoms with Gasteiger partial charge in [-0.25, -0.2) is 4.98 Å². The van der Waals surface area contributed by atoms with Crippen molar-refractivity contribution >= 4 is 11.6 Å². The van der Waals surface area contributed by atoms with Crippen molar-refractivity contribution in [2.45, 2.75) is 6.42 Å². The van der Waals surface area contributed by atoms with Gasteiger partial charge in [0, 0.05) is 26.2 Å². The fourth-order valence-electron chi connectivity index (χ4n) is 0.991. The molecule has 15 heavy (non-hydrogen) atoms. The summed E-state index contributed by atoms with van der Waals surface area (Å²) in [4.78, 5) is 3.93. The molecular weight excluding hydrogens is 216 g/mol. The van der Waals surface area contributed by atoms with Crippen molar-refractivity contribution in [1.29, 1.82) is 5.26 Å². The highest BCUT2D eigenvalue weighted by Crippen LogP contribution is 2.15. The minimum Gasteiger partial charge on any atom is -0.478 e. The van der Waals surface area contributed by atoms with Crippen molar-refractivity contribution in [2.75, 3.05) is 20.3 Å². The van der Waals surface area contributed by atoms with Gasteiger partial charge in [0.15, 0.2) is 0 Å². The third-order valence-corrected chi connectivity index (χ3v) is 1.84. The molecule has 0 N–H and O–H groups in total. The van der Waals surface area contributed by atoms with Gasteiger partial charge >= 0.3 is 0 Å². The predicted octanol–water partition coefficient (Wildman–Crippen LogP) is 2.02. The summed E-state index contributed by atoms with van der Waals surface area (Å²) in [5, 5.41) is 8.94. The molecule has 0 unspecified atom stereocenters. The second kappa shape index (κ2) is 6.23. The van der Waals surface area contributed by atoms with Gasteiger partial charge in [0.2, 0.25) is 5.88 Å². The fraction of sp³-hybridized carbons (Fsp3) is 0.400. The molecule has 0 saturated heterocycles. The maximum absolute atomic E-state index is 8.68. The first kappa shape index (κ1) is 11.8. The summed E-state index contributed by atoms with van der Waals surface area (Å²) in [6.07, 6.45) is 0.770. The molecule has 0 atom stereocenters. The Hall–Kier alpha value is -1.31. The second-order valence-corrected chi connectivity index (χ2v) is 3.21. The molecule has 1 aromatic rings. The zero-order valence-electron chi connectivity index (χ0n) is 8.36. The van der Waals surface area contributed by atoms with E-state index in [1.165, 1.54) is 6.07 Å². The highest BCUT2D eigenvalue weighted by atomic mass is 35.5. The molecule has 1 aromatic heterocycles. The van der Waals surface area contributed by atoms with Crippen LogP contribution in [0.5, 0.6) is 5.88 Å². The molecule has 0 fully saturated rings. The fourth-order valence-corrected chi connectivity index (χ4v) is 1.19. The summed E-state index contributed by atoms with van der Waals surface area (Å²) in [5.74, 6) is 0.371. The minimum atomic E-state index is 0.260. The molecule has 0 amide bonds. The lowest BCUT2D eigenvalue weighted by Crippen LogP contribution is -2.02. The van der Waals surface area contributed by atoms with E-state index in [1.54, 1.807) is 13.2 Å². The van der Waals surface area contributed by atoms with E-state index in [2.05, 4.69) is 4.98 Å². The van der Waals surface area contributed by atoms with E-state index in [9.17, 15) is 0 Å². The first-order chi connectivity index (χ1) is 7.26. The first-order valence-electron chi connectivity index (χ1n) is 4.45. The normalized spacial score (nSPS) is 9.67. The number of aromatic nitrogens is 1. The van der Waals surface area contributed by atoms with Crippen molar-refractivity contribution < 1.29 is 9.47 Å². The van der Waals surface area contributed by atoms with Crippen molar-refractivity contribution in [3.8, 4) is 11.9 Å². The molecule has 80 valence electrons. The van der Waals surface area contributed by atoms with Gasteiger partial charge in [0.25, 0.3) is 0 Å². The molecule has 1 heterocycles. The van der Waals surface area contributed by atoms with Gasteiger partial charge in [0.05, 0.1) is 18.2 Å². The van der Waals surface area contributed by atoms with Gasteiger partial charge in [-0.15, -0.1) is 0 Å². The van der Waals surface area contributed by atoms with Gasteiger partial charge in [-0.1, -0.05) is 11.6 Å². The van der Waals surface area contributed by atoms with E-state index in [4.69, 9.17) is 26.3 Å². The summed E-state index contributed by atoms with van der Waals surface area (Å²) in [5.41, 5.74) is 0.441. The van der Waals surface area contributed by atoms with Gasteiger partial charge in [-0.3, -0.25) is 0 Å². The highest BCUT2D eigenvalue weighted by molar-refractivity contribution is 6.29. The Morgan fingerprint density at radius 3 is 2.93 bits per heavy atom. The zero-order chi connectivity index (χ0) is 11.1. The molecule has 5 heteroatoms. The summed E-state index contributed by atoms with van der Waals surface area (Å²) in [7, 11) is 1.63. The number of ether oxygens (including phenoxy) is 2. The van der Waals surface area contributed by atoms with Crippen molar-refractivity contribution in [3.63, 3.8) is 0 Å². The monoisotopic (exact) mass is 226 g/mol. The Morgan fingerprint density at radius 1 is 1.47 bits per heavy atom. The molecule has 0 aromatic carbocycles. The molecule has 0 bridgehead atoms. The van der Waals surface area contributed by atoms with Crippen molar-refractivity contribution in [1.82, 2.24) is 4.98 Å². The van der Waals surface area contributed by atoms with Crippen LogP contribution in [0.2, 0.25) is 5.15 Å². The van der Waals surface area contributed by atoms with E-state index >= 15 is 0 Å². The van der Waals surface area contributed by atoms with E-state index in [0.717, 1.165) is 6.42 Å². The summed E-state index contributed by atoms with van der Waals surface area (Å²) in [6, 6.07) is 5.02. The van der Waals surface area contributed by atoms with E-state index in [-0.39, 0.29) is 5.15 Å². The molecule has 0 aliphatic heterocycles. The molecule has 4 nitrogen and oxygen atoms in total. The van der Waals surface area contributed by atoms with Crippen molar-refractivity contribution in [2.24, 2.45) is 0 Å². The average molecular weight is 227 g/mol. The summed E-state index contributed by atoms with van der Waals surface area (Å²) >= 11 is 5.70. The molecule has 1 rings (SSSR count). The first-order valence-corrected chi connectivity index (χ1v) is 4.83. The lowest BCUT2D eigenvalue weighted by Gasteiger charge is -2.05. The number of halogens is 1. The SMILES string of the molecule is COCCCOc1cc(C#N)cc(Cl)n1. The van der Waals surface area contributed by atoms with Crippen LogP contribution in [0.25, 0.3) is 0 Å². The third-order valence-electron chi connectivity index (χ3n) is 1.64. The van der Waals surface area contributed by atoms with Crippen molar-refractivity contribution in [3.05, 3.63) is 22.8 Å². The van der Waals surface area contributed by atoms with Crippen LogP contribution in [0, 0.1) is 11.3 Å². The van der Waals surface area contributed by atoms with E-state index < -0.39 is 0 Å². The van der Waals surface area contributed by atoms with Gasteiger partial charge in [-0.2, -0.15) is 5.26 Å². The Balaban J connectivity index is 2.54. The Morgan fingerprint density at radius 2 is 2.27 bits per heavy atom. The molecule has 0 radical (unpaired) electrons. The van der Waals surface area contributed by atoms with Crippen LogP contribution in [-0.4, -0.2) is 25.3 Å². The number of hydrogen-bond acceptors (Lipinski definition) is 4. The standard InChI is InChI=1S/C10H11ClN2O2/c1-14-3-2-4-15-10-6-8(7-12)5-9(11)13-10/h5-6H,2-4H2,1H3. The minimum absolute atomic E-state index is 0.260. The van der Waals surface area contributed by atoms with E-state index in [1.807, 2.05) is 6.07 Å². The Bertz CT molecular complexity index is 363.